The van der Waals surface area contributed by atoms with Crippen molar-refractivity contribution in [3.05, 3.63) is 41.5 Å². The van der Waals surface area contributed by atoms with Gasteiger partial charge in [0.1, 0.15) is 23.7 Å². The Labute approximate surface area is 105 Å². The lowest BCUT2D eigenvalue weighted by atomic mass is 10.2. The Balaban J connectivity index is 2.37. The van der Waals surface area contributed by atoms with E-state index >= 15 is 0 Å². The summed E-state index contributed by atoms with van der Waals surface area (Å²) >= 11 is 0. The number of hydrogen-bond acceptors (Lipinski definition) is 4. The summed E-state index contributed by atoms with van der Waals surface area (Å²) in [6.07, 6.45) is 1.41. The topological polar surface area (TPSA) is 47.0 Å². The van der Waals surface area contributed by atoms with Crippen molar-refractivity contribution in [1.29, 1.82) is 0 Å². The van der Waals surface area contributed by atoms with Crippen LogP contribution in [0.1, 0.15) is 11.1 Å². The molecular weight excluding hydrogens is 233 g/mol. The summed E-state index contributed by atoms with van der Waals surface area (Å²) in [6, 6.07) is 4.41. The number of halogens is 1. The highest BCUT2D eigenvalue weighted by Gasteiger charge is 2.10. The van der Waals surface area contributed by atoms with E-state index in [1.165, 1.54) is 18.5 Å². The van der Waals surface area contributed by atoms with Crippen molar-refractivity contribution in [2.24, 2.45) is 0 Å². The van der Waals surface area contributed by atoms with Crippen molar-refractivity contribution in [3.63, 3.8) is 0 Å². The maximum absolute atomic E-state index is 13.2. The fraction of sp³-hybridized carbons (Fsp3) is 0.231. The molecule has 0 fully saturated rings. The molecule has 0 aliphatic rings. The van der Waals surface area contributed by atoms with Gasteiger partial charge in [0.2, 0.25) is 5.88 Å². The molecule has 0 saturated heterocycles. The van der Waals surface area contributed by atoms with E-state index in [1.54, 1.807) is 13.1 Å². The molecule has 1 aromatic heterocycles. The van der Waals surface area contributed by atoms with Crippen LogP contribution < -0.4 is 10.1 Å². The fourth-order valence-electron chi connectivity index (χ4n) is 1.58. The molecule has 1 N–H and O–H groups in total. The molecule has 0 aliphatic carbocycles. The van der Waals surface area contributed by atoms with Gasteiger partial charge in [-0.1, -0.05) is 6.07 Å². The van der Waals surface area contributed by atoms with E-state index in [2.05, 4.69) is 15.3 Å². The molecule has 0 unspecified atom stereocenters. The van der Waals surface area contributed by atoms with Gasteiger partial charge in [-0.15, -0.1) is 0 Å². The first-order valence-electron chi connectivity index (χ1n) is 5.55. The summed E-state index contributed by atoms with van der Waals surface area (Å²) in [6.45, 7) is 3.69. The Bertz CT molecular complexity index is 572. The van der Waals surface area contributed by atoms with Crippen LogP contribution >= 0.6 is 0 Å². The summed E-state index contributed by atoms with van der Waals surface area (Å²) in [5.74, 6) is 1.23. The van der Waals surface area contributed by atoms with Gasteiger partial charge in [-0.25, -0.2) is 14.4 Å². The van der Waals surface area contributed by atoms with E-state index in [0.717, 1.165) is 11.1 Å². The molecule has 2 rings (SSSR count). The van der Waals surface area contributed by atoms with Crippen molar-refractivity contribution in [2.45, 2.75) is 13.8 Å². The zero-order chi connectivity index (χ0) is 13.1. The molecular formula is C13H14FN3O. The smallest absolute Gasteiger partial charge is 0.227 e. The summed E-state index contributed by atoms with van der Waals surface area (Å²) in [4.78, 5) is 8.12. The number of anilines is 1. The monoisotopic (exact) mass is 247 g/mol. The minimum atomic E-state index is -0.337. The zero-order valence-electron chi connectivity index (χ0n) is 10.5. The molecule has 0 saturated carbocycles. The second kappa shape index (κ2) is 5.00. The van der Waals surface area contributed by atoms with E-state index in [-0.39, 0.29) is 5.82 Å². The van der Waals surface area contributed by atoms with Crippen molar-refractivity contribution in [2.75, 3.05) is 12.4 Å². The SMILES string of the molecule is CNc1ncnc(Oc2cc(F)ccc2C)c1C. The van der Waals surface area contributed by atoms with Crippen molar-refractivity contribution in [3.8, 4) is 11.6 Å². The van der Waals surface area contributed by atoms with Crippen LogP contribution in [-0.4, -0.2) is 17.0 Å². The van der Waals surface area contributed by atoms with Gasteiger partial charge >= 0.3 is 0 Å². The average Bonchev–Trinajstić information content (AvgIpc) is 2.36. The van der Waals surface area contributed by atoms with Gasteiger partial charge in [0, 0.05) is 13.1 Å². The minimum absolute atomic E-state index is 0.337. The first-order valence-corrected chi connectivity index (χ1v) is 5.55. The maximum Gasteiger partial charge on any atom is 0.227 e. The number of rotatable bonds is 3. The molecule has 0 radical (unpaired) electrons. The summed E-state index contributed by atoms with van der Waals surface area (Å²) in [5.41, 5.74) is 1.63. The Kier molecular flexibility index (Phi) is 3.41. The molecule has 4 nitrogen and oxygen atoms in total. The molecule has 5 heteroatoms. The van der Waals surface area contributed by atoms with Crippen molar-refractivity contribution in [1.82, 2.24) is 9.97 Å². The predicted molar refractivity (Wildman–Crippen MR) is 67.5 cm³/mol. The Hall–Kier alpha value is -2.17. The van der Waals surface area contributed by atoms with Crippen LogP contribution in [0.5, 0.6) is 11.6 Å². The molecule has 0 aliphatic heterocycles. The van der Waals surface area contributed by atoms with Crippen LogP contribution in [0.3, 0.4) is 0 Å². The number of hydrogen-bond donors (Lipinski definition) is 1. The van der Waals surface area contributed by atoms with E-state index in [4.69, 9.17) is 4.74 Å². The fourth-order valence-corrected chi connectivity index (χ4v) is 1.58. The quantitative estimate of drug-likeness (QED) is 0.905. The number of ether oxygens (including phenoxy) is 1. The van der Waals surface area contributed by atoms with Gasteiger partial charge in [0.15, 0.2) is 0 Å². The lowest BCUT2D eigenvalue weighted by Gasteiger charge is -2.11. The molecule has 2 aromatic rings. The highest BCUT2D eigenvalue weighted by atomic mass is 19.1. The Morgan fingerprint density at radius 2 is 2.00 bits per heavy atom. The molecule has 0 amide bonds. The van der Waals surface area contributed by atoms with Gasteiger partial charge < -0.3 is 10.1 Å². The van der Waals surface area contributed by atoms with Gasteiger partial charge in [-0.05, 0) is 25.5 Å². The molecule has 1 aromatic carbocycles. The Morgan fingerprint density at radius 3 is 2.72 bits per heavy atom. The third-order valence-electron chi connectivity index (χ3n) is 2.63. The average molecular weight is 247 g/mol. The van der Waals surface area contributed by atoms with Gasteiger partial charge in [-0.3, -0.25) is 0 Å². The van der Waals surface area contributed by atoms with Crippen LogP contribution in [0.4, 0.5) is 10.2 Å². The maximum atomic E-state index is 13.2. The van der Waals surface area contributed by atoms with Crippen LogP contribution in [0, 0.1) is 19.7 Å². The van der Waals surface area contributed by atoms with Gasteiger partial charge in [0.05, 0.1) is 5.56 Å². The predicted octanol–water partition coefficient (Wildman–Crippen LogP) is 3.07. The van der Waals surface area contributed by atoms with E-state index in [9.17, 15) is 4.39 Å². The van der Waals surface area contributed by atoms with E-state index in [0.29, 0.717) is 17.4 Å². The number of aromatic nitrogens is 2. The minimum Gasteiger partial charge on any atom is -0.438 e. The lowest BCUT2D eigenvalue weighted by molar-refractivity contribution is 0.450. The Morgan fingerprint density at radius 1 is 1.22 bits per heavy atom. The number of nitrogens with one attached hydrogen (secondary N) is 1. The van der Waals surface area contributed by atoms with Gasteiger partial charge in [-0.2, -0.15) is 0 Å². The highest BCUT2D eigenvalue weighted by molar-refractivity contribution is 5.48. The zero-order valence-corrected chi connectivity index (χ0v) is 10.5. The lowest BCUT2D eigenvalue weighted by Crippen LogP contribution is -2.00. The van der Waals surface area contributed by atoms with Crippen LogP contribution in [0.25, 0.3) is 0 Å². The molecule has 18 heavy (non-hydrogen) atoms. The molecule has 0 spiro atoms. The van der Waals surface area contributed by atoms with Crippen LogP contribution in [-0.2, 0) is 0 Å². The largest absolute Gasteiger partial charge is 0.438 e. The van der Waals surface area contributed by atoms with Gasteiger partial charge in [0.25, 0.3) is 0 Å². The first kappa shape index (κ1) is 12.3. The molecule has 0 atom stereocenters. The summed E-state index contributed by atoms with van der Waals surface area (Å²) in [5, 5.41) is 2.94. The van der Waals surface area contributed by atoms with Crippen molar-refractivity contribution >= 4 is 5.82 Å². The number of nitrogens with zero attached hydrogens (tertiary/aromatic N) is 2. The highest BCUT2D eigenvalue weighted by Crippen LogP contribution is 2.28. The summed E-state index contributed by atoms with van der Waals surface area (Å²) in [7, 11) is 1.77. The summed E-state index contributed by atoms with van der Waals surface area (Å²) < 4.78 is 18.8. The molecule has 0 bridgehead atoms. The third kappa shape index (κ3) is 2.40. The second-order valence-electron chi connectivity index (χ2n) is 3.91. The van der Waals surface area contributed by atoms with E-state index in [1.807, 2.05) is 13.8 Å². The van der Waals surface area contributed by atoms with Crippen LogP contribution in [0.15, 0.2) is 24.5 Å². The van der Waals surface area contributed by atoms with E-state index < -0.39 is 0 Å². The molecule has 94 valence electrons. The standard InChI is InChI=1S/C13H14FN3O/c1-8-4-5-10(14)6-11(8)18-13-9(2)12(15-3)16-7-17-13/h4-7H,1-3H3,(H,15,16,17). The number of aryl methyl sites for hydroxylation is 1. The number of benzene rings is 1. The normalized spacial score (nSPS) is 10.2. The van der Waals surface area contributed by atoms with Crippen molar-refractivity contribution < 1.29 is 9.13 Å². The first-order chi connectivity index (χ1) is 8.61. The van der Waals surface area contributed by atoms with Crippen LogP contribution in [0.2, 0.25) is 0 Å². The third-order valence-corrected chi connectivity index (χ3v) is 2.63. The molecule has 1 heterocycles. The second-order valence-corrected chi connectivity index (χ2v) is 3.91.